The van der Waals surface area contributed by atoms with Gasteiger partial charge in [-0.15, -0.1) is 0 Å². The van der Waals surface area contributed by atoms with Crippen molar-refractivity contribution < 1.29 is 4.74 Å². The molecule has 7 heteroatoms. The third-order valence-corrected chi connectivity index (χ3v) is 4.20. The summed E-state index contributed by atoms with van der Waals surface area (Å²) in [5.74, 6) is 0.340. The number of nitrogens with one attached hydrogen (secondary N) is 1. The lowest BCUT2D eigenvalue weighted by molar-refractivity contribution is 0.121. The smallest absolute Gasteiger partial charge is 0.250 e. The van der Waals surface area contributed by atoms with E-state index in [0.717, 1.165) is 51.3 Å². The Balaban J connectivity index is 1.60. The zero-order valence-corrected chi connectivity index (χ0v) is 14.1. The lowest BCUT2D eigenvalue weighted by Crippen LogP contribution is -2.30. The number of hydrogen-bond donors (Lipinski definition) is 1. The average molecular weight is 331 g/mol. The molecule has 7 nitrogen and oxygen atoms in total. The van der Waals surface area contributed by atoms with Gasteiger partial charge in [-0.05, 0) is 12.8 Å². The van der Waals surface area contributed by atoms with E-state index in [1.165, 1.54) is 11.9 Å². The molecular weight excluding hydrogens is 306 g/mol. The van der Waals surface area contributed by atoms with Gasteiger partial charge in [-0.25, -0.2) is 4.98 Å². The van der Waals surface area contributed by atoms with Crippen molar-refractivity contribution in [2.75, 3.05) is 26.3 Å². The molecular formula is C17H25N5O2. The molecule has 1 saturated heterocycles. The molecule has 0 bridgehead atoms. The number of nitrogens with zero attached hydrogens (tertiary/aromatic N) is 4. The van der Waals surface area contributed by atoms with Crippen LogP contribution in [0.1, 0.15) is 24.6 Å². The van der Waals surface area contributed by atoms with E-state index in [2.05, 4.69) is 33.1 Å². The van der Waals surface area contributed by atoms with Crippen molar-refractivity contribution in [2.45, 2.75) is 32.9 Å². The Kier molecular flexibility index (Phi) is 5.77. The van der Waals surface area contributed by atoms with Crippen LogP contribution in [0.3, 0.4) is 0 Å². The Morgan fingerprint density at radius 3 is 3.21 bits per heavy atom. The molecule has 3 heterocycles. The number of aromatic amines is 1. The van der Waals surface area contributed by atoms with Crippen molar-refractivity contribution in [3.8, 4) is 0 Å². The fraction of sp³-hybridized carbons (Fsp3) is 0.588. The van der Waals surface area contributed by atoms with E-state index in [1.807, 2.05) is 10.9 Å². The van der Waals surface area contributed by atoms with E-state index in [0.29, 0.717) is 12.5 Å². The van der Waals surface area contributed by atoms with Gasteiger partial charge in [-0.3, -0.25) is 14.4 Å². The van der Waals surface area contributed by atoms with Crippen LogP contribution in [-0.2, 0) is 24.2 Å². The van der Waals surface area contributed by atoms with E-state index in [-0.39, 0.29) is 5.56 Å². The normalized spacial score (nSPS) is 19.3. The predicted octanol–water partition coefficient (Wildman–Crippen LogP) is 1.07. The summed E-state index contributed by atoms with van der Waals surface area (Å²) in [5, 5.41) is 4.40. The van der Waals surface area contributed by atoms with Crippen LogP contribution in [0.25, 0.3) is 0 Å². The minimum Gasteiger partial charge on any atom is -0.380 e. The molecule has 0 aliphatic carbocycles. The Labute approximate surface area is 141 Å². The van der Waals surface area contributed by atoms with Crippen molar-refractivity contribution in [3.05, 3.63) is 46.4 Å². The van der Waals surface area contributed by atoms with E-state index in [4.69, 9.17) is 4.74 Å². The molecule has 1 unspecified atom stereocenters. The van der Waals surface area contributed by atoms with Gasteiger partial charge in [0.25, 0.3) is 5.56 Å². The van der Waals surface area contributed by atoms with E-state index in [9.17, 15) is 4.79 Å². The fourth-order valence-electron chi connectivity index (χ4n) is 3.13. The molecule has 2 aromatic heterocycles. The standard InChI is InChI=1S/C17H25N5O2/c1-2-3-22-11-15(8-20-22)10-21-4-5-24-12-14(9-21)6-16-7-17(23)19-13-18-16/h7-8,11,13-14H,2-6,9-10,12H2,1H3,(H,18,19,23). The summed E-state index contributed by atoms with van der Waals surface area (Å²) in [6, 6.07) is 1.57. The van der Waals surface area contributed by atoms with Crippen LogP contribution in [0.2, 0.25) is 0 Å². The average Bonchev–Trinajstić information content (AvgIpc) is 2.86. The highest BCUT2D eigenvalue weighted by Crippen LogP contribution is 2.14. The Hall–Kier alpha value is -1.99. The lowest BCUT2D eigenvalue weighted by atomic mass is 10.0. The molecule has 1 atom stereocenters. The summed E-state index contributed by atoms with van der Waals surface area (Å²) in [6.07, 6.45) is 7.39. The number of hydrogen-bond acceptors (Lipinski definition) is 5. The fourth-order valence-corrected chi connectivity index (χ4v) is 3.13. The van der Waals surface area contributed by atoms with Gasteiger partial charge in [0.15, 0.2) is 0 Å². The number of aromatic nitrogens is 4. The summed E-state index contributed by atoms with van der Waals surface area (Å²) >= 11 is 0. The number of aryl methyl sites for hydroxylation is 1. The molecule has 0 amide bonds. The summed E-state index contributed by atoms with van der Waals surface area (Å²) in [6.45, 7) is 7.29. The van der Waals surface area contributed by atoms with Crippen molar-refractivity contribution in [2.24, 2.45) is 5.92 Å². The highest BCUT2D eigenvalue weighted by molar-refractivity contribution is 5.04. The van der Waals surface area contributed by atoms with Gasteiger partial charge in [0, 0.05) is 55.6 Å². The Morgan fingerprint density at radius 1 is 1.46 bits per heavy atom. The molecule has 1 N–H and O–H groups in total. The molecule has 1 aliphatic rings. The summed E-state index contributed by atoms with van der Waals surface area (Å²) < 4.78 is 7.75. The third kappa shape index (κ3) is 4.75. The van der Waals surface area contributed by atoms with Crippen molar-refractivity contribution in [1.29, 1.82) is 0 Å². The number of rotatable bonds is 6. The molecule has 0 saturated carbocycles. The first-order valence-corrected chi connectivity index (χ1v) is 8.58. The van der Waals surface area contributed by atoms with Gasteiger partial charge in [0.05, 0.1) is 25.7 Å². The van der Waals surface area contributed by atoms with E-state index < -0.39 is 0 Å². The monoisotopic (exact) mass is 331 g/mol. The first-order chi connectivity index (χ1) is 11.7. The van der Waals surface area contributed by atoms with Crippen LogP contribution >= 0.6 is 0 Å². The summed E-state index contributed by atoms with van der Waals surface area (Å²) in [7, 11) is 0. The second-order valence-corrected chi connectivity index (χ2v) is 6.39. The molecule has 0 aromatic carbocycles. The second kappa shape index (κ2) is 8.21. The van der Waals surface area contributed by atoms with Crippen LogP contribution in [-0.4, -0.2) is 51.0 Å². The Morgan fingerprint density at radius 2 is 2.38 bits per heavy atom. The van der Waals surface area contributed by atoms with Crippen LogP contribution in [0.4, 0.5) is 0 Å². The maximum atomic E-state index is 11.4. The maximum absolute atomic E-state index is 11.4. The molecule has 3 rings (SSSR count). The second-order valence-electron chi connectivity index (χ2n) is 6.39. The molecule has 0 spiro atoms. The highest BCUT2D eigenvalue weighted by Gasteiger charge is 2.20. The van der Waals surface area contributed by atoms with Crippen LogP contribution < -0.4 is 5.56 Å². The zero-order chi connectivity index (χ0) is 16.8. The first kappa shape index (κ1) is 16.9. The number of ether oxygens (including phenoxy) is 1. The molecule has 130 valence electrons. The topological polar surface area (TPSA) is 76.0 Å². The van der Waals surface area contributed by atoms with Crippen LogP contribution in [0, 0.1) is 5.92 Å². The van der Waals surface area contributed by atoms with E-state index in [1.54, 1.807) is 6.07 Å². The van der Waals surface area contributed by atoms with Crippen LogP contribution in [0.5, 0.6) is 0 Å². The van der Waals surface area contributed by atoms with Gasteiger partial charge >= 0.3 is 0 Å². The van der Waals surface area contributed by atoms with Gasteiger partial charge in [0.2, 0.25) is 0 Å². The van der Waals surface area contributed by atoms with Gasteiger partial charge in [0.1, 0.15) is 0 Å². The van der Waals surface area contributed by atoms with Crippen molar-refractivity contribution in [1.82, 2.24) is 24.6 Å². The minimum atomic E-state index is -0.102. The molecule has 0 radical (unpaired) electrons. The molecule has 24 heavy (non-hydrogen) atoms. The SMILES string of the molecule is CCCn1cc(CN2CCOCC(Cc3cc(=O)[nH]cn3)C2)cn1. The van der Waals surface area contributed by atoms with Crippen molar-refractivity contribution >= 4 is 0 Å². The number of H-pyrrole nitrogens is 1. The molecule has 1 fully saturated rings. The summed E-state index contributed by atoms with van der Waals surface area (Å²) in [5.41, 5.74) is 1.96. The van der Waals surface area contributed by atoms with Gasteiger partial charge < -0.3 is 9.72 Å². The summed E-state index contributed by atoms with van der Waals surface area (Å²) in [4.78, 5) is 20.6. The zero-order valence-electron chi connectivity index (χ0n) is 14.1. The first-order valence-electron chi connectivity index (χ1n) is 8.58. The Bertz CT molecular complexity index is 696. The lowest BCUT2D eigenvalue weighted by Gasteiger charge is -2.22. The predicted molar refractivity (Wildman–Crippen MR) is 90.7 cm³/mol. The largest absolute Gasteiger partial charge is 0.380 e. The molecule has 2 aromatic rings. The van der Waals surface area contributed by atoms with Gasteiger partial charge in [-0.1, -0.05) is 6.92 Å². The maximum Gasteiger partial charge on any atom is 0.250 e. The van der Waals surface area contributed by atoms with E-state index >= 15 is 0 Å². The minimum absolute atomic E-state index is 0.102. The van der Waals surface area contributed by atoms with Gasteiger partial charge in [-0.2, -0.15) is 5.10 Å². The quantitative estimate of drug-likeness (QED) is 0.857. The highest BCUT2D eigenvalue weighted by atomic mass is 16.5. The molecule has 1 aliphatic heterocycles. The van der Waals surface area contributed by atoms with Crippen LogP contribution in [0.15, 0.2) is 29.6 Å². The van der Waals surface area contributed by atoms with Crippen molar-refractivity contribution in [3.63, 3.8) is 0 Å². The third-order valence-electron chi connectivity index (χ3n) is 4.20.